The zero-order chi connectivity index (χ0) is 20.0. The van der Waals surface area contributed by atoms with Gasteiger partial charge in [-0.3, -0.25) is 0 Å². The molecule has 1 fully saturated rings. The number of rotatable bonds is 7. The van der Waals surface area contributed by atoms with Gasteiger partial charge in [0.2, 0.25) is 0 Å². The van der Waals surface area contributed by atoms with Gasteiger partial charge in [-0.2, -0.15) is 0 Å². The zero-order valence-corrected chi connectivity index (χ0v) is 15.9. The quantitative estimate of drug-likeness (QED) is 0.480. The Morgan fingerprint density at radius 2 is 1.50 bits per heavy atom. The van der Waals surface area contributed by atoms with Crippen LogP contribution in [-0.2, 0) is 9.31 Å². The van der Waals surface area contributed by atoms with Gasteiger partial charge >= 0.3 is 13.5 Å². The van der Waals surface area contributed by atoms with Crippen molar-refractivity contribution in [2.75, 3.05) is 13.2 Å². The molecule has 2 aromatic rings. The highest BCUT2D eigenvalue weighted by Gasteiger charge is 2.31. The second kappa shape index (κ2) is 9.48. The first kappa shape index (κ1) is 20.7. The Bertz CT molecular complexity index is 724. The Morgan fingerprint density at radius 3 is 2.04 bits per heavy atom. The summed E-state index contributed by atoms with van der Waals surface area (Å²) < 4.78 is 52.4. The van der Waals surface area contributed by atoms with E-state index in [4.69, 9.17) is 9.31 Å². The van der Waals surface area contributed by atoms with Gasteiger partial charge < -0.3 is 14.0 Å². The molecule has 0 spiro atoms. The highest BCUT2D eigenvalue weighted by atomic mass is 19.4. The lowest BCUT2D eigenvalue weighted by atomic mass is 9.76. The molecule has 0 radical (unpaired) electrons. The highest BCUT2D eigenvalue weighted by molar-refractivity contribution is 6.61. The molecule has 0 N–H and O–H groups in total. The Kier molecular flexibility index (Phi) is 7.02. The van der Waals surface area contributed by atoms with Crippen molar-refractivity contribution in [1.82, 2.24) is 0 Å². The number of ether oxygens (including phenoxy) is 1. The molecule has 1 aliphatic heterocycles. The molecule has 0 saturated carbocycles. The fourth-order valence-corrected chi connectivity index (χ4v) is 3.27. The number of unbranched alkanes of at least 4 members (excludes halogenated alkanes) is 2. The summed E-state index contributed by atoms with van der Waals surface area (Å²) >= 11 is 0. The van der Waals surface area contributed by atoms with E-state index in [1.165, 1.54) is 31.4 Å². The standard InChI is InChI=1S/C21H24BF3O3/c1-2-3-4-5-16-14-26-22(27-15-16)19-10-6-17(7-11-19)18-8-12-20(13-9-18)28-21(23,24)25/h6-13,16H,2-5,14-15H2,1H3. The van der Waals surface area contributed by atoms with E-state index < -0.39 is 6.36 Å². The maximum atomic E-state index is 12.2. The zero-order valence-electron chi connectivity index (χ0n) is 15.9. The Labute approximate surface area is 163 Å². The average Bonchev–Trinajstić information content (AvgIpc) is 2.68. The maximum absolute atomic E-state index is 12.2. The lowest BCUT2D eigenvalue weighted by Crippen LogP contribution is -2.44. The third kappa shape index (κ3) is 6.01. The van der Waals surface area contributed by atoms with E-state index in [1.807, 2.05) is 24.3 Å². The van der Waals surface area contributed by atoms with Crippen LogP contribution in [-0.4, -0.2) is 26.7 Å². The van der Waals surface area contributed by atoms with E-state index in [0.29, 0.717) is 19.1 Å². The van der Waals surface area contributed by atoms with Crippen LogP contribution in [0.15, 0.2) is 48.5 Å². The lowest BCUT2D eigenvalue weighted by Gasteiger charge is -2.27. The SMILES string of the molecule is CCCCCC1COB(c2ccc(-c3ccc(OC(F)(F)F)cc3)cc2)OC1. The van der Waals surface area contributed by atoms with Crippen molar-refractivity contribution in [2.24, 2.45) is 5.92 Å². The largest absolute Gasteiger partial charge is 0.573 e. The number of alkyl halides is 3. The topological polar surface area (TPSA) is 27.7 Å². The fraction of sp³-hybridized carbons (Fsp3) is 0.429. The van der Waals surface area contributed by atoms with Gasteiger partial charge in [0.15, 0.2) is 0 Å². The molecular formula is C21H24BF3O3. The van der Waals surface area contributed by atoms with Crippen LogP contribution in [0.3, 0.4) is 0 Å². The summed E-state index contributed by atoms with van der Waals surface area (Å²) in [6.45, 7) is 3.60. The van der Waals surface area contributed by atoms with Crippen molar-refractivity contribution in [1.29, 1.82) is 0 Å². The fourth-order valence-electron chi connectivity index (χ4n) is 3.27. The van der Waals surface area contributed by atoms with Crippen LogP contribution in [0.1, 0.15) is 32.6 Å². The summed E-state index contributed by atoms with van der Waals surface area (Å²) in [5.41, 5.74) is 2.64. The van der Waals surface area contributed by atoms with Crippen molar-refractivity contribution in [3.05, 3.63) is 48.5 Å². The Hall–Kier alpha value is -1.99. The molecule has 3 nitrogen and oxygen atoms in total. The summed E-state index contributed by atoms with van der Waals surface area (Å²) in [6.07, 6.45) is 0.109. The minimum absolute atomic E-state index is 0.231. The maximum Gasteiger partial charge on any atom is 0.573 e. The molecule has 1 saturated heterocycles. The van der Waals surface area contributed by atoms with Crippen molar-refractivity contribution in [3.63, 3.8) is 0 Å². The van der Waals surface area contributed by atoms with E-state index >= 15 is 0 Å². The third-order valence-corrected chi connectivity index (χ3v) is 4.79. The van der Waals surface area contributed by atoms with Crippen LogP contribution in [0.5, 0.6) is 5.75 Å². The van der Waals surface area contributed by atoms with Gasteiger partial charge in [-0.05, 0) is 35.1 Å². The van der Waals surface area contributed by atoms with E-state index in [0.717, 1.165) is 23.0 Å². The predicted molar refractivity (Wildman–Crippen MR) is 103 cm³/mol. The molecule has 0 amide bonds. The van der Waals surface area contributed by atoms with Crippen LogP contribution in [0.25, 0.3) is 11.1 Å². The molecule has 0 bridgehead atoms. The molecule has 150 valence electrons. The van der Waals surface area contributed by atoms with Crippen molar-refractivity contribution < 1.29 is 27.2 Å². The van der Waals surface area contributed by atoms with Crippen LogP contribution < -0.4 is 10.2 Å². The summed E-state index contributed by atoms with van der Waals surface area (Å²) in [6, 6.07) is 13.5. The van der Waals surface area contributed by atoms with Gasteiger partial charge in [0.25, 0.3) is 0 Å². The lowest BCUT2D eigenvalue weighted by molar-refractivity contribution is -0.274. The van der Waals surface area contributed by atoms with E-state index in [9.17, 15) is 13.2 Å². The van der Waals surface area contributed by atoms with Crippen molar-refractivity contribution >= 4 is 12.6 Å². The number of hydrogen-bond donors (Lipinski definition) is 0. The molecule has 1 heterocycles. The molecular weight excluding hydrogens is 368 g/mol. The van der Waals surface area contributed by atoms with Gasteiger partial charge in [-0.25, -0.2) is 0 Å². The molecule has 1 aliphatic rings. The van der Waals surface area contributed by atoms with Crippen LogP contribution in [0.4, 0.5) is 13.2 Å². The first-order chi connectivity index (χ1) is 13.4. The van der Waals surface area contributed by atoms with Gasteiger partial charge in [0.1, 0.15) is 5.75 Å². The van der Waals surface area contributed by atoms with E-state index in [2.05, 4.69) is 11.7 Å². The summed E-state index contributed by atoms with van der Waals surface area (Å²) in [5.74, 6) is 0.227. The summed E-state index contributed by atoms with van der Waals surface area (Å²) in [4.78, 5) is 0. The van der Waals surface area contributed by atoms with Crippen molar-refractivity contribution in [2.45, 2.75) is 39.0 Å². The third-order valence-electron chi connectivity index (χ3n) is 4.79. The minimum atomic E-state index is -4.68. The first-order valence-corrected chi connectivity index (χ1v) is 9.64. The minimum Gasteiger partial charge on any atom is -0.407 e. The van der Waals surface area contributed by atoms with Gasteiger partial charge in [0, 0.05) is 19.1 Å². The van der Waals surface area contributed by atoms with E-state index in [-0.39, 0.29) is 12.9 Å². The molecule has 2 aromatic carbocycles. The second-order valence-electron chi connectivity index (χ2n) is 7.05. The molecule has 7 heteroatoms. The first-order valence-electron chi connectivity index (χ1n) is 9.64. The van der Waals surface area contributed by atoms with Gasteiger partial charge in [-0.15, -0.1) is 13.2 Å². The number of benzene rings is 2. The Morgan fingerprint density at radius 1 is 0.929 bits per heavy atom. The normalized spacial score (nSPS) is 15.6. The van der Waals surface area contributed by atoms with Crippen LogP contribution in [0, 0.1) is 5.92 Å². The predicted octanol–water partition coefficient (Wildman–Crippen LogP) is 5.19. The summed E-state index contributed by atoms with van der Waals surface area (Å²) in [7, 11) is -0.362. The highest BCUT2D eigenvalue weighted by Crippen LogP contribution is 2.26. The molecule has 0 unspecified atom stereocenters. The summed E-state index contributed by atoms with van der Waals surface area (Å²) in [5, 5.41) is 0. The molecule has 0 aliphatic carbocycles. The molecule has 3 rings (SSSR count). The van der Waals surface area contributed by atoms with Crippen molar-refractivity contribution in [3.8, 4) is 16.9 Å². The second-order valence-corrected chi connectivity index (χ2v) is 7.05. The smallest absolute Gasteiger partial charge is 0.407 e. The Balaban J connectivity index is 1.55. The number of hydrogen-bond acceptors (Lipinski definition) is 3. The molecule has 0 aromatic heterocycles. The number of halogens is 3. The molecule has 28 heavy (non-hydrogen) atoms. The molecule has 0 atom stereocenters. The average molecular weight is 392 g/mol. The van der Waals surface area contributed by atoms with Gasteiger partial charge in [-0.1, -0.05) is 62.6 Å². The van der Waals surface area contributed by atoms with Crippen LogP contribution in [0.2, 0.25) is 0 Å². The monoisotopic (exact) mass is 392 g/mol. The van der Waals surface area contributed by atoms with Crippen LogP contribution >= 0.6 is 0 Å². The van der Waals surface area contributed by atoms with E-state index in [1.54, 1.807) is 12.1 Å². The van der Waals surface area contributed by atoms with Gasteiger partial charge in [0.05, 0.1) is 0 Å².